The number of carbonyl (C=O) groups excluding carboxylic acids is 2. The number of amides is 1. The maximum absolute atomic E-state index is 13.4. The zero-order valence-corrected chi connectivity index (χ0v) is 13.5. The Kier molecular flexibility index (Phi) is 5.89. The molecule has 0 radical (unpaired) electrons. The fourth-order valence-electron chi connectivity index (χ4n) is 2.02. The lowest BCUT2D eigenvalue weighted by Crippen LogP contribution is -2.28. The third-order valence-electron chi connectivity index (χ3n) is 3.41. The molecule has 0 saturated carbocycles. The number of aldehydes is 1. The van der Waals surface area contributed by atoms with Gasteiger partial charge in [-0.1, -0.05) is 12.1 Å². The SMILES string of the molecule is COc1cc(C=O)ccc1OCC(=O)NCc1ccc(C)c(F)c1. The summed E-state index contributed by atoms with van der Waals surface area (Å²) in [5, 5.41) is 2.65. The molecule has 6 heteroatoms. The molecular weight excluding hydrogens is 313 g/mol. The number of aryl methyl sites for hydroxylation is 1. The molecule has 24 heavy (non-hydrogen) atoms. The quantitative estimate of drug-likeness (QED) is 0.792. The number of carbonyl (C=O) groups is 2. The number of methoxy groups -OCH3 is 1. The molecule has 0 aromatic heterocycles. The van der Waals surface area contributed by atoms with Gasteiger partial charge in [-0.25, -0.2) is 4.39 Å². The molecule has 0 aliphatic rings. The maximum atomic E-state index is 13.4. The molecule has 0 aliphatic heterocycles. The van der Waals surface area contributed by atoms with E-state index in [4.69, 9.17) is 9.47 Å². The molecule has 0 atom stereocenters. The van der Waals surface area contributed by atoms with Crippen LogP contribution in [0.5, 0.6) is 11.5 Å². The van der Waals surface area contributed by atoms with Crippen molar-refractivity contribution in [1.29, 1.82) is 0 Å². The molecule has 126 valence electrons. The van der Waals surface area contributed by atoms with Crippen LogP contribution in [0, 0.1) is 12.7 Å². The van der Waals surface area contributed by atoms with Crippen LogP contribution in [0.1, 0.15) is 21.5 Å². The van der Waals surface area contributed by atoms with Crippen molar-refractivity contribution >= 4 is 12.2 Å². The predicted molar refractivity (Wildman–Crippen MR) is 86.9 cm³/mol. The van der Waals surface area contributed by atoms with Gasteiger partial charge in [-0.3, -0.25) is 9.59 Å². The fraction of sp³-hybridized carbons (Fsp3) is 0.222. The number of ether oxygens (including phenoxy) is 2. The Morgan fingerprint density at radius 1 is 1.21 bits per heavy atom. The summed E-state index contributed by atoms with van der Waals surface area (Å²) in [4.78, 5) is 22.6. The van der Waals surface area contributed by atoms with Crippen LogP contribution in [0.25, 0.3) is 0 Å². The lowest BCUT2D eigenvalue weighted by molar-refractivity contribution is -0.123. The standard InChI is InChI=1S/C18H18FNO4/c1-12-3-4-13(7-15(12)19)9-20-18(22)11-24-16-6-5-14(10-21)8-17(16)23-2/h3-8,10H,9,11H2,1-2H3,(H,20,22). The van der Waals surface area contributed by atoms with E-state index in [2.05, 4.69) is 5.32 Å². The topological polar surface area (TPSA) is 64.6 Å². The molecule has 0 heterocycles. The van der Waals surface area contributed by atoms with Crippen molar-refractivity contribution in [2.75, 3.05) is 13.7 Å². The second kappa shape index (κ2) is 8.10. The highest BCUT2D eigenvalue weighted by Crippen LogP contribution is 2.27. The second-order valence-corrected chi connectivity index (χ2v) is 5.18. The Morgan fingerprint density at radius 2 is 2.00 bits per heavy atom. The molecule has 0 unspecified atom stereocenters. The van der Waals surface area contributed by atoms with Crippen molar-refractivity contribution in [3.8, 4) is 11.5 Å². The van der Waals surface area contributed by atoms with Crippen molar-refractivity contribution in [2.24, 2.45) is 0 Å². The summed E-state index contributed by atoms with van der Waals surface area (Å²) in [5.74, 6) is 0.0724. The van der Waals surface area contributed by atoms with E-state index in [1.807, 2.05) is 0 Å². The van der Waals surface area contributed by atoms with E-state index in [1.165, 1.54) is 19.2 Å². The van der Waals surface area contributed by atoms with Crippen LogP contribution in [-0.4, -0.2) is 25.9 Å². The van der Waals surface area contributed by atoms with Crippen molar-refractivity contribution in [3.63, 3.8) is 0 Å². The number of hydrogen-bond acceptors (Lipinski definition) is 4. The number of halogens is 1. The summed E-state index contributed by atoms with van der Waals surface area (Å²) in [6.07, 6.45) is 0.694. The summed E-state index contributed by atoms with van der Waals surface area (Å²) in [7, 11) is 1.45. The molecule has 0 aliphatic carbocycles. The molecule has 5 nitrogen and oxygen atoms in total. The lowest BCUT2D eigenvalue weighted by atomic mass is 10.1. The molecule has 1 amide bonds. The second-order valence-electron chi connectivity index (χ2n) is 5.18. The van der Waals surface area contributed by atoms with Crippen LogP contribution in [0.15, 0.2) is 36.4 Å². The van der Waals surface area contributed by atoms with Crippen molar-refractivity contribution in [3.05, 3.63) is 58.9 Å². The highest BCUT2D eigenvalue weighted by molar-refractivity contribution is 5.78. The van der Waals surface area contributed by atoms with E-state index in [0.29, 0.717) is 34.5 Å². The van der Waals surface area contributed by atoms with E-state index in [9.17, 15) is 14.0 Å². The van der Waals surface area contributed by atoms with Gasteiger partial charge in [0.2, 0.25) is 0 Å². The van der Waals surface area contributed by atoms with E-state index >= 15 is 0 Å². The zero-order chi connectivity index (χ0) is 17.5. The minimum atomic E-state index is -0.350. The minimum Gasteiger partial charge on any atom is -0.493 e. The smallest absolute Gasteiger partial charge is 0.258 e. The van der Waals surface area contributed by atoms with E-state index < -0.39 is 0 Å². The average Bonchev–Trinajstić information content (AvgIpc) is 2.60. The summed E-state index contributed by atoms with van der Waals surface area (Å²) in [6, 6.07) is 9.45. The van der Waals surface area contributed by atoms with E-state index in [0.717, 1.165) is 0 Å². The van der Waals surface area contributed by atoms with Crippen LogP contribution >= 0.6 is 0 Å². The van der Waals surface area contributed by atoms with Crippen LogP contribution in [0.4, 0.5) is 4.39 Å². The van der Waals surface area contributed by atoms with Crippen LogP contribution in [0.2, 0.25) is 0 Å². The van der Waals surface area contributed by atoms with Crippen LogP contribution < -0.4 is 14.8 Å². The van der Waals surface area contributed by atoms with Crippen LogP contribution in [-0.2, 0) is 11.3 Å². The first-order valence-corrected chi connectivity index (χ1v) is 7.31. The number of rotatable bonds is 7. The Morgan fingerprint density at radius 3 is 2.67 bits per heavy atom. The Labute approximate surface area is 139 Å². The molecular formula is C18H18FNO4. The van der Waals surface area contributed by atoms with E-state index in [1.54, 1.807) is 31.2 Å². The maximum Gasteiger partial charge on any atom is 0.258 e. The Balaban J connectivity index is 1.89. The zero-order valence-electron chi connectivity index (χ0n) is 13.5. The number of benzene rings is 2. The van der Waals surface area contributed by atoms with Gasteiger partial charge < -0.3 is 14.8 Å². The first-order chi connectivity index (χ1) is 11.5. The summed E-state index contributed by atoms with van der Waals surface area (Å²) in [5.41, 5.74) is 1.67. The van der Waals surface area contributed by atoms with Gasteiger partial charge >= 0.3 is 0 Å². The monoisotopic (exact) mass is 331 g/mol. The molecule has 0 spiro atoms. The van der Waals surface area contributed by atoms with Gasteiger partial charge in [0, 0.05) is 12.1 Å². The van der Waals surface area contributed by atoms with Gasteiger partial charge in [-0.15, -0.1) is 0 Å². The summed E-state index contributed by atoms with van der Waals surface area (Å²) < 4.78 is 24.0. The summed E-state index contributed by atoms with van der Waals surface area (Å²) in [6.45, 7) is 1.67. The molecule has 2 aromatic rings. The normalized spacial score (nSPS) is 10.1. The van der Waals surface area contributed by atoms with Gasteiger partial charge in [-0.2, -0.15) is 0 Å². The van der Waals surface area contributed by atoms with Crippen LogP contribution in [0.3, 0.4) is 0 Å². The van der Waals surface area contributed by atoms with Gasteiger partial charge in [0.1, 0.15) is 12.1 Å². The van der Waals surface area contributed by atoms with Gasteiger partial charge in [0.25, 0.3) is 5.91 Å². The third kappa shape index (κ3) is 4.55. The fourth-order valence-corrected chi connectivity index (χ4v) is 2.02. The first kappa shape index (κ1) is 17.5. The van der Waals surface area contributed by atoms with Gasteiger partial charge in [-0.05, 0) is 42.3 Å². The largest absolute Gasteiger partial charge is 0.493 e. The molecule has 2 rings (SSSR count). The Hall–Kier alpha value is -2.89. The minimum absolute atomic E-state index is 0.209. The molecule has 1 N–H and O–H groups in total. The van der Waals surface area contributed by atoms with Crippen molar-refractivity contribution in [2.45, 2.75) is 13.5 Å². The third-order valence-corrected chi connectivity index (χ3v) is 3.41. The Bertz CT molecular complexity index is 746. The average molecular weight is 331 g/mol. The highest BCUT2D eigenvalue weighted by atomic mass is 19.1. The molecule has 0 saturated heterocycles. The first-order valence-electron chi connectivity index (χ1n) is 7.31. The molecule has 0 bridgehead atoms. The molecule has 2 aromatic carbocycles. The summed E-state index contributed by atoms with van der Waals surface area (Å²) >= 11 is 0. The predicted octanol–water partition coefficient (Wildman–Crippen LogP) is 2.65. The number of hydrogen-bond donors (Lipinski definition) is 1. The number of nitrogens with one attached hydrogen (secondary N) is 1. The van der Waals surface area contributed by atoms with E-state index in [-0.39, 0.29) is 24.9 Å². The van der Waals surface area contributed by atoms with Crippen molar-refractivity contribution in [1.82, 2.24) is 5.32 Å². The highest BCUT2D eigenvalue weighted by Gasteiger charge is 2.09. The van der Waals surface area contributed by atoms with Crippen molar-refractivity contribution < 1.29 is 23.5 Å². The van der Waals surface area contributed by atoms with Gasteiger partial charge in [0.05, 0.1) is 7.11 Å². The van der Waals surface area contributed by atoms with Gasteiger partial charge in [0.15, 0.2) is 18.1 Å². The molecule has 0 fully saturated rings. The lowest BCUT2D eigenvalue weighted by Gasteiger charge is -2.11.